The summed E-state index contributed by atoms with van der Waals surface area (Å²) in [5.74, 6) is 0.201. The largest absolute Gasteiger partial charge is 0.356 e. The summed E-state index contributed by atoms with van der Waals surface area (Å²) in [7, 11) is 1.73. The van der Waals surface area contributed by atoms with E-state index in [0.717, 1.165) is 18.4 Å². The molecule has 1 N–H and O–H groups in total. The first-order valence-corrected chi connectivity index (χ1v) is 7.38. The monoisotopic (exact) mass is 291 g/mol. The molecule has 0 aliphatic heterocycles. The second kappa shape index (κ2) is 9.10. The lowest BCUT2D eigenvalue weighted by Crippen LogP contribution is -2.35. The van der Waals surface area contributed by atoms with Gasteiger partial charge in [0.1, 0.15) is 6.42 Å². The fourth-order valence-electron chi connectivity index (χ4n) is 1.81. The zero-order chi connectivity index (χ0) is 15.7. The molecule has 21 heavy (non-hydrogen) atoms. The van der Waals surface area contributed by atoms with Crippen LogP contribution in [-0.4, -0.2) is 41.8 Å². The Bertz CT molecular complexity index is 446. The van der Waals surface area contributed by atoms with Crippen molar-refractivity contribution in [3.05, 3.63) is 30.1 Å². The van der Waals surface area contributed by atoms with E-state index < -0.39 is 0 Å². The maximum Gasteiger partial charge on any atom is 0.231 e. The minimum atomic E-state index is -0.198. The van der Waals surface area contributed by atoms with Crippen LogP contribution in [0.5, 0.6) is 0 Å². The fraction of sp³-hybridized carbons (Fsp3) is 0.562. The number of nitrogens with zero attached hydrogens (tertiary/aromatic N) is 2. The molecule has 0 atom stereocenters. The van der Waals surface area contributed by atoms with Gasteiger partial charge < -0.3 is 10.2 Å². The van der Waals surface area contributed by atoms with Gasteiger partial charge in [0.2, 0.25) is 11.8 Å². The summed E-state index contributed by atoms with van der Waals surface area (Å²) in [5.41, 5.74) is 1.13. The second-order valence-corrected chi connectivity index (χ2v) is 5.63. The molecule has 1 aromatic heterocycles. The molecular formula is C16H25N3O2. The Morgan fingerprint density at radius 1 is 1.29 bits per heavy atom. The first kappa shape index (κ1) is 17.1. The van der Waals surface area contributed by atoms with Crippen molar-refractivity contribution in [3.63, 3.8) is 0 Å². The van der Waals surface area contributed by atoms with Crippen LogP contribution in [0.1, 0.15) is 32.3 Å². The van der Waals surface area contributed by atoms with E-state index in [-0.39, 0.29) is 18.2 Å². The normalized spacial score (nSPS) is 10.5. The highest BCUT2D eigenvalue weighted by Crippen LogP contribution is 2.01. The van der Waals surface area contributed by atoms with Crippen LogP contribution in [0.4, 0.5) is 0 Å². The van der Waals surface area contributed by atoms with Crippen molar-refractivity contribution >= 4 is 11.8 Å². The molecule has 0 aliphatic rings. The van der Waals surface area contributed by atoms with Gasteiger partial charge in [0.05, 0.1) is 0 Å². The van der Waals surface area contributed by atoms with Gasteiger partial charge in [0, 0.05) is 32.5 Å². The van der Waals surface area contributed by atoms with Crippen LogP contribution in [0, 0.1) is 5.92 Å². The van der Waals surface area contributed by atoms with E-state index in [9.17, 15) is 9.59 Å². The average Bonchev–Trinajstić information content (AvgIpc) is 2.45. The number of nitrogens with one attached hydrogen (secondary N) is 1. The number of rotatable bonds is 8. The van der Waals surface area contributed by atoms with Crippen LogP contribution in [-0.2, 0) is 16.0 Å². The topological polar surface area (TPSA) is 62.3 Å². The SMILES string of the molecule is CC(C)CCNC(=O)CC(=O)N(C)CCc1ccncc1. The van der Waals surface area contributed by atoms with Crippen LogP contribution >= 0.6 is 0 Å². The Morgan fingerprint density at radius 2 is 1.95 bits per heavy atom. The van der Waals surface area contributed by atoms with Crippen LogP contribution < -0.4 is 5.32 Å². The van der Waals surface area contributed by atoms with Crippen LogP contribution in [0.2, 0.25) is 0 Å². The molecule has 2 amide bonds. The fourth-order valence-corrected chi connectivity index (χ4v) is 1.81. The third-order valence-electron chi connectivity index (χ3n) is 3.27. The first-order chi connectivity index (χ1) is 9.99. The number of likely N-dealkylation sites (N-methyl/N-ethyl adjacent to an activating group) is 1. The average molecular weight is 291 g/mol. The molecule has 0 unspecified atom stereocenters. The van der Waals surface area contributed by atoms with Crippen LogP contribution in [0.3, 0.4) is 0 Å². The van der Waals surface area contributed by atoms with Gasteiger partial charge in [-0.3, -0.25) is 14.6 Å². The lowest BCUT2D eigenvalue weighted by Gasteiger charge is -2.17. The first-order valence-electron chi connectivity index (χ1n) is 7.38. The lowest BCUT2D eigenvalue weighted by atomic mass is 10.1. The molecule has 1 heterocycles. The van der Waals surface area contributed by atoms with Crippen LogP contribution in [0.15, 0.2) is 24.5 Å². The quantitative estimate of drug-likeness (QED) is 0.741. The number of carbonyl (C=O) groups is 2. The van der Waals surface area contributed by atoms with E-state index in [1.807, 2.05) is 12.1 Å². The van der Waals surface area contributed by atoms with E-state index in [4.69, 9.17) is 0 Å². The van der Waals surface area contributed by atoms with E-state index in [1.54, 1.807) is 24.3 Å². The smallest absolute Gasteiger partial charge is 0.231 e. The molecule has 1 aromatic rings. The molecule has 0 aliphatic carbocycles. The van der Waals surface area contributed by atoms with Crippen molar-refractivity contribution in [3.8, 4) is 0 Å². The number of hydrogen-bond donors (Lipinski definition) is 1. The Kier molecular flexibility index (Phi) is 7.43. The van der Waals surface area contributed by atoms with Gasteiger partial charge in [-0.2, -0.15) is 0 Å². The Morgan fingerprint density at radius 3 is 2.57 bits per heavy atom. The minimum absolute atomic E-state index is 0.0784. The van der Waals surface area contributed by atoms with E-state index in [0.29, 0.717) is 19.0 Å². The van der Waals surface area contributed by atoms with Crippen molar-refractivity contribution < 1.29 is 9.59 Å². The molecule has 1 rings (SSSR count). The zero-order valence-corrected chi connectivity index (χ0v) is 13.1. The predicted molar refractivity (Wildman–Crippen MR) is 82.7 cm³/mol. The Balaban J connectivity index is 2.26. The number of aromatic nitrogens is 1. The van der Waals surface area contributed by atoms with Crippen molar-refractivity contribution in [1.29, 1.82) is 0 Å². The van der Waals surface area contributed by atoms with Crippen LogP contribution in [0.25, 0.3) is 0 Å². The van der Waals surface area contributed by atoms with E-state index >= 15 is 0 Å². The number of hydrogen-bond acceptors (Lipinski definition) is 3. The molecule has 5 heteroatoms. The van der Waals surface area contributed by atoms with Gasteiger partial charge in [0.15, 0.2) is 0 Å². The van der Waals surface area contributed by atoms with Gasteiger partial charge in [-0.15, -0.1) is 0 Å². The third-order valence-corrected chi connectivity index (χ3v) is 3.27. The molecule has 0 fully saturated rings. The molecule has 0 saturated heterocycles. The summed E-state index contributed by atoms with van der Waals surface area (Å²) in [5, 5.41) is 2.78. The summed E-state index contributed by atoms with van der Waals surface area (Å²) in [6.45, 7) is 5.43. The molecule has 0 spiro atoms. The summed E-state index contributed by atoms with van der Waals surface area (Å²) in [4.78, 5) is 29.1. The molecule has 5 nitrogen and oxygen atoms in total. The number of pyridine rings is 1. The van der Waals surface area contributed by atoms with E-state index in [2.05, 4.69) is 24.1 Å². The van der Waals surface area contributed by atoms with Crippen molar-refractivity contribution in [2.75, 3.05) is 20.1 Å². The lowest BCUT2D eigenvalue weighted by molar-refractivity contribution is -0.135. The van der Waals surface area contributed by atoms with Gasteiger partial charge >= 0.3 is 0 Å². The summed E-state index contributed by atoms with van der Waals surface area (Å²) in [6.07, 6.45) is 5.08. The van der Waals surface area contributed by atoms with Crippen molar-refractivity contribution in [2.24, 2.45) is 5.92 Å². The van der Waals surface area contributed by atoms with Gasteiger partial charge in [0.25, 0.3) is 0 Å². The summed E-state index contributed by atoms with van der Waals surface area (Å²) >= 11 is 0. The summed E-state index contributed by atoms with van der Waals surface area (Å²) < 4.78 is 0. The molecule has 0 radical (unpaired) electrons. The highest BCUT2D eigenvalue weighted by Gasteiger charge is 2.13. The van der Waals surface area contributed by atoms with Crippen molar-refractivity contribution in [1.82, 2.24) is 15.2 Å². The Labute approximate surface area is 126 Å². The highest BCUT2D eigenvalue weighted by molar-refractivity contribution is 5.96. The maximum absolute atomic E-state index is 11.9. The van der Waals surface area contributed by atoms with Gasteiger partial charge in [-0.1, -0.05) is 13.8 Å². The zero-order valence-electron chi connectivity index (χ0n) is 13.1. The molecule has 0 aromatic carbocycles. The number of amides is 2. The third kappa shape index (κ3) is 7.44. The minimum Gasteiger partial charge on any atom is -0.356 e. The molecule has 0 saturated carbocycles. The molecule has 116 valence electrons. The summed E-state index contributed by atoms with van der Waals surface area (Å²) in [6, 6.07) is 3.86. The number of carbonyl (C=O) groups excluding carboxylic acids is 2. The van der Waals surface area contributed by atoms with Crippen molar-refractivity contribution in [2.45, 2.75) is 33.1 Å². The maximum atomic E-state index is 11.9. The molecule has 0 bridgehead atoms. The standard InChI is InChI=1S/C16H25N3O2/c1-13(2)4-10-18-15(20)12-16(21)19(3)11-7-14-5-8-17-9-6-14/h5-6,8-9,13H,4,7,10-12H2,1-3H3,(H,18,20). The Hall–Kier alpha value is -1.91. The highest BCUT2D eigenvalue weighted by atomic mass is 16.2. The van der Waals surface area contributed by atoms with E-state index in [1.165, 1.54) is 0 Å². The van der Waals surface area contributed by atoms with Gasteiger partial charge in [-0.05, 0) is 36.5 Å². The predicted octanol–water partition coefficient (Wildman–Crippen LogP) is 1.63. The van der Waals surface area contributed by atoms with Gasteiger partial charge in [-0.25, -0.2) is 0 Å². The molecular weight excluding hydrogens is 266 g/mol. The second-order valence-electron chi connectivity index (χ2n) is 5.63.